The van der Waals surface area contributed by atoms with E-state index in [-0.39, 0.29) is 12.5 Å². The number of carbonyl (C=O) groups is 1. The van der Waals surface area contributed by atoms with Crippen molar-refractivity contribution in [3.63, 3.8) is 0 Å². The number of nitrogens with one attached hydrogen (secondary N) is 1. The lowest BCUT2D eigenvalue weighted by Gasteiger charge is -2.09. The summed E-state index contributed by atoms with van der Waals surface area (Å²) in [4.78, 5) is 13.6. The molecule has 1 aromatic rings. The number of aryl methyl sites for hydroxylation is 1. The van der Waals surface area contributed by atoms with Crippen LogP contribution < -0.4 is 5.32 Å². The standard InChI is InChI=1S/C15H19NO2S/c1-11-9-14(19-13(11)7-4-8-17)15(18)16-10-12-5-2-3-6-12/h9,12,17H,2-3,5-6,8,10H2,1H3,(H,16,18). The molecule has 1 saturated carbocycles. The molecular formula is C15H19NO2S. The van der Waals surface area contributed by atoms with Crippen LogP contribution in [0.4, 0.5) is 0 Å². The number of aliphatic hydroxyl groups is 1. The van der Waals surface area contributed by atoms with Gasteiger partial charge < -0.3 is 10.4 Å². The molecular weight excluding hydrogens is 258 g/mol. The summed E-state index contributed by atoms with van der Waals surface area (Å²) in [6.07, 6.45) is 5.05. The highest BCUT2D eigenvalue weighted by atomic mass is 32.1. The number of carbonyl (C=O) groups excluding carboxylic acids is 1. The molecule has 2 N–H and O–H groups in total. The van der Waals surface area contributed by atoms with E-state index in [1.165, 1.54) is 37.0 Å². The molecule has 0 spiro atoms. The summed E-state index contributed by atoms with van der Waals surface area (Å²) in [5.74, 6) is 6.14. The Morgan fingerprint density at radius 2 is 2.26 bits per heavy atom. The minimum atomic E-state index is -0.152. The van der Waals surface area contributed by atoms with E-state index in [1.54, 1.807) is 0 Å². The molecule has 1 aliphatic carbocycles. The predicted octanol–water partition coefficient (Wildman–Crippen LogP) is 2.32. The van der Waals surface area contributed by atoms with Crippen LogP contribution in [0.5, 0.6) is 0 Å². The van der Waals surface area contributed by atoms with Crippen LogP contribution in [0.1, 0.15) is 45.8 Å². The van der Waals surface area contributed by atoms with Gasteiger partial charge in [-0.15, -0.1) is 11.3 Å². The number of rotatable bonds is 3. The van der Waals surface area contributed by atoms with Crippen molar-refractivity contribution in [3.8, 4) is 11.8 Å². The maximum absolute atomic E-state index is 12.0. The van der Waals surface area contributed by atoms with Gasteiger partial charge in [-0.3, -0.25) is 4.79 Å². The van der Waals surface area contributed by atoms with Gasteiger partial charge in [0.15, 0.2) is 0 Å². The fourth-order valence-electron chi connectivity index (χ4n) is 2.38. The van der Waals surface area contributed by atoms with Crippen molar-refractivity contribution in [2.45, 2.75) is 32.6 Å². The molecule has 2 rings (SSSR count). The first-order valence-electron chi connectivity index (χ1n) is 6.69. The van der Waals surface area contributed by atoms with E-state index in [1.807, 2.05) is 13.0 Å². The average Bonchev–Trinajstić information content (AvgIpc) is 3.03. The van der Waals surface area contributed by atoms with Crippen molar-refractivity contribution in [1.29, 1.82) is 0 Å². The second-order valence-electron chi connectivity index (χ2n) is 4.94. The molecule has 0 atom stereocenters. The molecule has 1 aromatic heterocycles. The lowest BCUT2D eigenvalue weighted by atomic mass is 10.1. The summed E-state index contributed by atoms with van der Waals surface area (Å²) in [5, 5.41) is 11.7. The maximum Gasteiger partial charge on any atom is 0.261 e. The van der Waals surface area contributed by atoms with Gasteiger partial charge in [-0.1, -0.05) is 24.7 Å². The molecule has 3 nitrogen and oxygen atoms in total. The summed E-state index contributed by atoms with van der Waals surface area (Å²) in [6.45, 7) is 2.57. The Labute approximate surface area is 118 Å². The molecule has 19 heavy (non-hydrogen) atoms. The highest BCUT2D eigenvalue weighted by Crippen LogP contribution is 2.24. The quantitative estimate of drug-likeness (QED) is 0.833. The molecule has 102 valence electrons. The Kier molecular flexibility index (Phi) is 5.00. The number of aliphatic hydroxyl groups excluding tert-OH is 1. The van der Waals surface area contributed by atoms with Gasteiger partial charge in [0.05, 0.1) is 9.75 Å². The molecule has 1 heterocycles. The molecule has 1 amide bonds. The third-order valence-corrected chi connectivity index (χ3v) is 4.60. The summed E-state index contributed by atoms with van der Waals surface area (Å²) >= 11 is 1.39. The van der Waals surface area contributed by atoms with Gasteiger partial charge in [0, 0.05) is 6.54 Å². The summed E-state index contributed by atoms with van der Waals surface area (Å²) in [5.41, 5.74) is 0.997. The smallest absolute Gasteiger partial charge is 0.261 e. The third kappa shape index (κ3) is 3.82. The number of hydrogen-bond acceptors (Lipinski definition) is 3. The van der Waals surface area contributed by atoms with E-state index < -0.39 is 0 Å². The first kappa shape index (κ1) is 14.1. The van der Waals surface area contributed by atoms with Crippen molar-refractivity contribution < 1.29 is 9.90 Å². The van der Waals surface area contributed by atoms with E-state index in [9.17, 15) is 4.79 Å². The lowest BCUT2D eigenvalue weighted by molar-refractivity contribution is 0.0951. The normalized spacial score (nSPS) is 15.1. The molecule has 0 bridgehead atoms. The minimum Gasteiger partial charge on any atom is -0.384 e. The zero-order valence-corrected chi connectivity index (χ0v) is 12.0. The van der Waals surface area contributed by atoms with Crippen LogP contribution in [0.3, 0.4) is 0 Å². The van der Waals surface area contributed by atoms with Crippen LogP contribution in [0, 0.1) is 24.7 Å². The molecule has 0 aromatic carbocycles. The lowest BCUT2D eigenvalue weighted by Crippen LogP contribution is -2.27. The van der Waals surface area contributed by atoms with Gasteiger partial charge >= 0.3 is 0 Å². The van der Waals surface area contributed by atoms with Crippen LogP contribution in [0.15, 0.2) is 6.07 Å². The summed E-state index contributed by atoms with van der Waals surface area (Å²) < 4.78 is 0. The largest absolute Gasteiger partial charge is 0.384 e. The zero-order valence-electron chi connectivity index (χ0n) is 11.2. The Bertz CT molecular complexity index is 504. The van der Waals surface area contributed by atoms with E-state index in [0.29, 0.717) is 10.8 Å². The molecule has 1 aliphatic rings. The molecule has 4 heteroatoms. The van der Waals surface area contributed by atoms with Gasteiger partial charge in [0.25, 0.3) is 5.91 Å². The Balaban J connectivity index is 1.94. The summed E-state index contributed by atoms with van der Waals surface area (Å²) in [6, 6.07) is 1.87. The highest BCUT2D eigenvalue weighted by molar-refractivity contribution is 7.14. The minimum absolute atomic E-state index is 0.00273. The monoisotopic (exact) mass is 277 g/mol. The van der Waals surface area contributed by atoms with Crippen LogP contribution in [-0.2, 0) is 0 Å². The van der Waals surface area contributed by atoms with E-state index in [0.717, 1.165) is 17.0 Å². The molecule has 0 unspecified atom stereocenters. The van der Waals surface area contributed by atoms with Gasteiger partial charge in [0.2, 0.25) is 0 Å². The Morgan fingerprint density at radius 1 is 1.53 bits per heavy atom. The van der Waals surface area contributed by atoms with Crippen LogP contribution in [-0.4, -0.2) is 24.2 Å². The number of hydrogen-bond donors (Lipinski definition) is 2. The van der Waals surface area contributed by atoms with Gasteiger partial charge in [-0.25, -0.2) is 0 Å². The molecule has 1 fully saturated rings. The first-order chi connectivity index (χ1) is 9.20. The van der Waals surface area contributed by atoms with Crippen LogP contribution in [0.25, 0.3) is 0 Å². The van der Waals surface area contributed by atoms with Crippen LogP contribution in [0.2, 0.25) is 0 Å². The molecule has 0 radical (unpaired) electrons. The van der Waals surface area contributed by atoms with Crippen LogP contribution >= 0.6 is 11.3 Å². The summed E-state index contributed by atoms with van der Waals surface area (Å²) in [7, 11) is 0. The average molecular weight is 277 g/mol. The van der Waals surface area contributed by atoms with Crippen molar-refractivity contribution >= 4 is 17.2 Å². The molecule has 0 saturated heterocycles. The zero-order chi connectivity index (χ0) is 13.7. The van der Waals surface area contributed by atoms with E-state index in [2.05, 4.69) is 17.2 Å². The van der Waals surface area contributed by atoms with Gasteiger partial charge in [-0.2, -0.15) is 0 Å². The topological polar surface area (TPSA) is 49.3 Å². The van der Waals surface area contributed by atoms with Crippen molar-refractivity contribution in [2.24, 2.45) is 5.92 Å². The van der Waals surface area contributed by atoms with Gasteiger partial charge in [0.1, 0.15) is 6.61 Å². The van der Waals surface area contributed by atoms with Crippen molar-refractivity contribution in [1.82, 2.24) is 5.32 Å². The number of thiophene rings is 1. The second-order valence-corrected chi connectivity index (χ2v) is 6.00. The van der Waals surface area contributed by atoms with Gasteiger partial charge in [-0.05, 0) is 37.3 Å². The fourth-order valence-corrected chi connectivity index (χ4v) is 3.34. The predicted molar refractivity (Wildman–Crippen MR) is 77.3 cm³/mol. The third-order valence-electron chi connectivity index (χ3n) is 3.45. The van der Waals surface area contributed by atoms with Crippen molar-refractivity contribution in [3.05, 3.63) is 21.4 Å². The maximum atomic E-state index is 12.0. The fraction of sp³-hybridized carbons (Fsp3) is 0.533. The van der Waals surface area contributed by atoms with E-state index in [4.69, 9.17) is 5.11 Å². The van der Waals surface area contributed by atoms with Crippen molar-refractivity contribution in [2.75, 3.05) is 13.2 Å². The molecule has 0 aliphatic heterocycles. The Hall–Kier alpha value is -1.31. The second kappa shape index (κ2) is 6.74. The first-order valence-corrected chi connectivity index (χ1v) is 7.50. The highest BCUT2D eigenvalue weighted by Gasteiger charge is 2.17. The SMILES string of the molecule is Cc1cc(C(=O)NCC2CCCC2)sc1C#CCO. The number of amides is 1. The Morgan fingerprint density at radius 3 is 2.95 bits per heavy atom. The van der Waals surface area contributed by atoms with E-state index >= 15 is 0 Å².